The number of anilines is 1. The van der Waals surface area contributed by atoms with Crippen LogP contribution < -0.4 is 4.90 Å². The Balaban J connectivity index is 2.23. The molecule has 0 atom stereocenters. The second-order valence-corrected chi connectivity index (χ2v) is 4.42. The second kappa shape index (κ2) is 6.21. The quantitative estimate of drug-likeness (QED) is 0.495. The molecule has 1 aromatic heterocycles. The smallest absolute Gasteiger partial charge is 0.307 e. The molecule has 0 saturated carbocycles. The first-order valence-corrected chi connectivity index (χ1v) is 6.51. The zero-order valence-corrected chi connectivity index (χ0v) is 11.8. The third kappa shape index (κ3) is 3.28. The van der Waals surface area contributed by atoms with E-state index < -0.39 is 4.92 Å². The Morgan fingerprint density at radius 1 is 1.52 bits per heavy atom. The zero-order valence-electron chi connectivity index (χ0n) is 11.8. The minimum Gasteiger partial charge on any atom is -0.469 e. The van der Waals surface area contributed by atoms with E-state index in [2.05, 4.69) is 14.7 Å². The monoisotopic (exact) mass is 292 g/mol. The molecule has 0 fully saturated rings. The summed E-state index contributed by atoms with van der Waals surface area (Å²) in [4.78, 5) is 30.8. The Morgan fingerprint density at radius 2 is 2.29 bits per heavy atom. The van der Waals surface area contributed by atoms with Crippen LogP contribution in [0.4, 0.5) is 11.6 Å². The van der Waals surface area contributed by atoms with Crippen molar-refractivity contribution in [3.8, 4) is 0 Å². The summed E-state index contributed by atoms with van der Waals surface area (Å²) in [6.45, 7) is 3.05. The molecular weight excluding hydrogens is 276 g/mol. The van der Waals surface area contributed by atoms with Crippen LogP contribution >= 0.6 is 0 Å². The van der Waals surface area contributed by atoms with Gasteiger partial charge in [-0.3, -0.25) is 14.9 Å². The molecule has 21 heavy (non-hydrogen) atoms. The molecule has 0 radical (unpaired) electrons. The van der Waals surface area contributed by atoms with Crippen molar-refractivity contribution >= 4 is 28.6 Å². The standard InChI is InChI=1S/C13H16N4O4/c1-3-16(7-6-12(18)21-2)13-14-10-5-4-9(17(19)20)8-11(10)15-13/h4-5,8H,3,6-7H2,1-2H3,(H,14,15). The number of carbonyl (C=O) groups is 1. The number of nitrogens with one attached hydrogen (secondary N) is 1. The van der Waals surface area contributed by atoms with E-state index in [0.29, 0.717) is 30.1 Å². The number of nitro benzene ring substituents is 1. The van der Waals surface area contributed by atoms with Gasteiger partial charge >= 0.3 is 5.97 Å². The molecule has 0 bridgehead atoms. The number of non-ortho nitro benzene ring substituents is 1. The number of aromatic nitrogens is 2. The zero-order chi connectivity index (χ0) is 15.4. The lowest BCUT2D eigenvalue weighted by atomic mass is 10.3. The first kappa shape index (κ1) is 14.8. The first-order valence-electron chi connectivity index (χ1n) is 6.51. The number of nitrogens with zero attached hydrogens (tertiary/aromatic N) is 3. The fourth-order valence-corrected chi connectivity index (χ4v) is 1.99. The number of benzene rings is 1. The highest BCUT2D eigenvalue weighted by Crippen LogP contribution is 2.22. The maximum Gasteiger partial charge on any atom is 0.307 e. The summed E-state index contributed by atoms with van der Waals surface area (Å²) in [6.07, 6.45) is 0.252. The summed E-state index contributed by atoms with van der Waals surface area (Å²) in [5.74, 6) is 0.289. The van der Waals surface area contributed by atoms with Gasteiger partial charge in [0.2, 0.25) is 5.95 Å². The molecule has 1 heterocycles. The van der Waals surface area contributed by atoms with E-state index in [0.717, 1.165) is 0 Å². The Kier molecular flexibility index (Phi) is 4.36. The molecule has 0 saturated heterocycles. The molecule has 0 amide bonds. The van der Waals surface area contributed by atoms with Gasteiger partial charge < -0.3 is 14.6 Å². The molecule has 8 nitrogen and oxygen atoms in total. The number of rotatable bonds is 6. The van der Waals surface area contributed by atoms with Gasteiger partial charge in [-0.2, -0.15) is 0 Å². The SMILES string of the molecule is CCN(CCC(=O)OC)c1nc2ccc([N+](=O)[O-])cc2[nH]1. The first-order chi connectivity index (χ1) is 10.0. The summed E-state index contributed by atoms with van der Waals surface area (Å²) in [7, 11) is 1.35. The molecular formula is C13H16N4O4. The average molecular weight is 292 g/mol. The highest BCUT2D eigenvalue weighted by atomic mass is 16.6. The van der Waals surface area contributed by atoms with Crippen LogP contribution in [-0.4, -0.2) is 41.1 Å². The van der Waals surface area contributed by atoms with Crippen LogP contribution in [0.3, 0.4) is 0 Å². The Hall–Kier alpha value is -2.64. The topological polar surface area (TPSA) is 101 Å². The normalized spacial score (nSPS) is 10.6. The number of methoxy groups -OCH3 is 1. The van der Waals surface area contributed by atoms with Crippen LogP contribution in [0.15, 0.2) is 18.2 Å². The van der Waals surface area contributed by atoms with Crippen molar-refractivity contribution in [2.75, 3.05) is 25.1 Å². The number of carbonyl (C=O) groups excluding carboxylic acids is 1. The van der Waals surface area contributed by atoms with Crippen molar-refractivity contribution in [3.63, 3.8) is 0 Å². The largest absolute Gasteiger partial charge is 0.469 e. The van der Waals surface area contributed by atoms with Crippen molar-refractivity contribution in [1.82, 2.24) is 9.97 Å². The lowest BCUT2D eigenvalue weighted by Crippen LogP contribution is -2.27. The average Bonchev–Trinajstić information content (AvgIpc) is 2.90. The van der Waals surface area contributed by atoms with Crippen molar-refractivity contribution < 1.29 is 14.5 Å². The Morgan fingerprint density at radius 3 is 2.90 bits per heavy atom. The van der Waals surface area contributed by atoms with Gasteiger partial charge in [-0.05, 0) is 13.0 Å². The molecule has 0 aliphatic heterocycles. The van der Waals surface area contributed by atoms with Crippen LogP contribution in [0.25, 0.3) is 11.0 Å². The van der Waals surface area contributed by atoms with Crippen molar-refractivity contribution in [2.45, 2.75) is 13.3 Å². The van der Waals surface area contributed by atoms with E-state index in [1.807, 2.05) is 11.8 Å². The van der Waals surface area contributed by atoms with E-state index in [-0.39, 0.29) is 18.1 Å². The maximum atomic E-state index is 11.2. The molecule has 0 spiro atoms. The number of hydrogen-bond acceptors (Lipinski definition) is 6. The number of hydrogen-bond donors (Lipinski definition) is 1. The predicted octanol–water partition coefficient (Wildman–Crippen LogP) is 1.86. The van der Waals surface area contributed by atoms with E-state index in [1.165, 1.54) is 19.2 Å². The number of imidazole rings is 1. The summed E-state index contributed by atoms with van der Waals surface area (Å²) >= 11 is 0. The second-order valence-electron chi connectivity index (χ2n) is 4.42. The highest BCUT2D eigenvalue weighted by molar-refractivity contribution is 5.80. The highest BCUT2D eigenvalue weighted by Gasteiger charge is 2.14. The minimum atomic E-state index is -0.450. The lowest BCUT2D eigenvalue weighted by molar-refractivity contribution is -0.384. The summed E-state index contributed by atoms with van der Waals surface area (Å²) in [6, 6.07) is 4.46. The fraction of sp³-hybridized carbons (Fsp3) is 0.385. The van der Waals surface area contributed by atoms with Gasteiger partial charge in [-0.15, -0.1) is 0 Å². The molecule has 112 valence electrons. The van der Waals surface area contributed by atoms with E-state index in [1.54, 1.807) is 6.07 Å². The number of esters is 1. The van der Waals surface area contributed by atoms with Gasteiger partial charge in [-0.1, -0.05) is 0 Å². The van der Waals surface area contributed by atoms with Crippen LogP contribution in [0.5, 0.6) is 0 Å². The van der Waals surface area contributed by atoms with Gasteiger partial charge in [0.05, 0.1) is 29.5 Å². The van der Waals surface area contributed by atoms with Crippen molar-refractivity contribution in [3.05, 3.63) is 28.3 Å². The summed E-state index contributed by atoms with van der Waals surface area (Å²) in [5, 5.41) is 10.8. The fourth-order valence-electron chi connectivity index (χ4n) is 1.99. The van der Waals surface area contributed by atoms with Crippen molar-refractivity contribution in [1.29, 1.82) is 0 Å². The number of H-pyrrole nitrogens is 1. The third-order valence-corrected chi connectivity index (χ3v) is 3.16. The van der Waals surface area contributed by atoms with Gasteiger partial charge in [0.1, 0.15) is 0 Å². The van der Waals surface area contributed by atoms with Crippen LogP contribution in [-0.2, 0) is 9.53 Å². The number of aromatic amines is 1. The molecule has 2 aromatic rings. The molecule has 1 N–H and O–H groups in total. The Labute approximate surface area is 120 Å². The number of ether oxygens (including phenoxy) is 1. The maximum absolute atomic E-state index is 11.2. The third-order valence-electron chi connectivity index (χ3n) is 3.16. The lowest BCUT2D eigenvalue weighted by Gasteiger charge is -2.18. The van der Waals surface area contributed by atoms with E-state index in [9.17, 15) is 14.9 Å². The molecule has 8 heteroatoms. The summed E-state index contributed by atoms with van der Waals surface area (Å²) in [5.41, 5.74) is 1.25. The molecule has 0 unspecified atom stereocenters. The van der Waals surface area contributed by atoms with Gasteiger partial charge in [0.25, 0.3) is 5.69 Å². The molecule has 0 aliphatic rings. The summed E-state index contributed by atoms with van der Waals surface area (Å²) < 4.78 is 4.61. The Bertz CT molecular complexity index is 667. The number of nitro groups is 1. The molecule has 0 aliphatic carbocycles. The van der Waals surface area contributed by atoms with Gasteiger partial charge in [-0.25, -0.2) is 4.98 Å². The predicted molar refractivity (Wildman–Crippen MR) is 77.3 cm³/mol. The molecule has 2 rings (SSSR count). The van der Waals surface area contributed by atoms with Crippen LogP contribution in [0, 0.1) is 10.1 Å². The van der Waals surface area contributed by atoms with Gasteiger partial charge in [0.15, 0.2) is 0 Å². The van der Waals surface area contributed by atoms with Crippen molar-refractivity contribution in [2.24, 2.45) is 0 Å². The van der Waals surface area contributed by atoms with Crippen LogP contribution in [0.1, 0.15) is 13.3 Å². The van der Waals surface area contributed by atoms with E-state index >= 15 is 0 Å². The minimum absolute atomic E-state index is 0.00955. The molecule has 1 aromatic carbocycles. The van der Waals surface area contributed by atoms with Crippen LogP contribution in [0.2, 0.25) is 0 Å². The van der Waals surface area contributed by atoms with Gasteiger partial charge in [0, 0.05) is 25.2 Å². The van der Waals surface area contributed by atoms with E-state index in [4.69, 9.17) is 0 Å². The number of fused-ring (bicyclic) bond motifs is 1.